The van der Waals surface area contributed by atoms with Gasteiger partial charge >= 0.3 is 11.9 Å². The molecular weight excluding hydrogens is 1380 g/mol. The standard InChI is InChI=1S/C76H96N14O17/c1-8-10-24-55(82-61(93)40-80-67(100)58(36-62(94)95)87-73(106)75(5,6)89-66(99)54(77)35-51-39-79-42-81-51)71(104)90-76(7,38-47-19-12-11-13-20-47)74(107)88-64(44(4)92)72(105)86-60(41-91)70(103)85-59(37-63(96)97)69(102)84-57(34-46-27-31-50(32-28-46)53-23-17-15-21-48(53)9-2)68(101)83-56(65(78)98)33-45-25-29-49(30-26-45)52-22-16-14-18-43(52)3/h11-23,25-32,39,42,44,54-60,64,91-92H,8-10,24,33-38,40-41,77H2,1-7H3,(H2,78,98)(H,79,81)(H,80,100)(H,82,93)(H,83,101)(H,84,102)(H,85,103)(H,86,105)(H,87,106)(H,88,107)(H,89,99)(H,90,104)(H,94,95)(H,96,97)/t44-,54+,55+,56+,57+,58+,59+,60+,64+,76+/m1/s1. The molecule has 0 saturated heterocycles. The van der Waals surface area contributed by atoms with Crippen LogP contribution in [0.15, 0.2) is 140 Å². The smallest absolute Gasteiger partial charge is 0.305 e. The van der Waals surface area contributed by atoms with Gasteiger partial charge in [-0.3, -0.25) is 62.3 Å². The lowest BCUT2D eigenvalue weighted by atomic mass is 9.90. The summed E-state index contributed by atoms with van der Waals surface area (Å²) in [6.07, 6.45) is -0.126. The highest BCUT2D eigenvalue weighted by Gasteiger charge is 2.42. The lowest BCUT2D eigenvalue weighted by Crippen LogP contribution is -2.66. The highest BCUT2D eigenvalue weighted by molar-refractivity contribution is 6.01. The number of imidazole rings is 1. The number of carboxylic acids is 2. The van der Waals surface area contributed by atoms with Gasteiger partial charge in [-0.2, -0.15) is 0 Å². The van der Waals surface area contributed by atoms with Gasteiger partial charge in [0.1, 0.15) is 53.4 Å². The molecule has 6 rings (SSSR count). The maximum atomic E-state index is 14.7. The Morgan fingerprint density at radius 3 is 1.64 bits per heavy atom. The van der Waals surface area contributed by atoms with Crippen LogP contribution in [0.4, 0.5) is 0 Å². The van der Waals surface area contributed by atoms with Crippen molar-refractivity contribution < 1.29 is 82.8 Å². The van der Waals surface area contributed by atoms with E-state index in [2.05, 4.69) is 63.1 Å². The summed E-state index contributed by atoms with van der Waals surface area (Å²) < 4.78 is 0. The Morgan fingerprint density at radius 2 is 1.07 bits per heavy atom. The van der Waals surface area contributed by atoms with E-state index in [4.69, 9.17) is 11.5 Å². The van der Waals surface area contributed by atoms with Crippen LogP contribution in [0.3, 0.4) is 0 Å². The van der Waals surface area contributed by atoms with E-state index < -0.39 is 168 Å². The van der Waals surface area contributed by atoms with Gasteiger partial charge < -0.3 is 90.0 Å². The number of carbonyl (C=O) groups excluding carboxylic acids is 11. The van der Waals surface area contributed by atoms with Crippen LogP contribution in [0.2, 0.25) is 0 Å². The van der Waals surface area contributed by atoms with Crippen molar-refractivity contribution in [2.24, 2.45) is 11.5 Å². The molecule has 31 heteroatoms. The number of rotatable bonds is 41. The Morgan fingerprint density at radius 1 is 0.542 bits per heavy atom. The van der Waals surface area contributed by atoms with E-state index in [1.54, 1.807) is 61.5 Å². The summed E-state index contributed by atoms with van der Waals surface area (Å²) in [7, 11) is 0. The zero-order valence-corrected chi connectivity index (χ0v) is 60.7. The largest absolute Gasteiger partial charge is 0.481 e. The second-order valence-corrected chi connectivity index (χ2v) is 26.8. The minimum absolute atomic E-state index is 0.0272. The number of aliphatic carboxylic acids is 2. The number of nitrogens with two attached hydrogens (primary N) is 2. The fraction of sp³-hybridized carbons (Fsp3) is 0.395. The van der Waals surface area contributed by atoms with Crippen molar-refractivity contribution >= 4 is 76.9 Å². The molecule has 11 amide bonds. The van der Waals surface area contributed by atoms with Crippen LogP contribution in [-0.2, 0) is 94.4 Å². The molecule has 5 aromatic carbocycles. The van der Waals surface area contributed by atoms with Crippen LogP contribution in [0, 0.1) is 6.92 Å². The number of aromatic nitrogens is 2. The van der Waals surface area contributed by atoms with Gasteiger partial charge in [0, 0.05) is 37.6 Å². The molecular formula is C76H96N14O17. The van der Waals surface area contributed by atoms with Gasteiger partial charge in [-0.15, -0.1) is 0 Å². The molecule has 19 N–H and O–H groups in total. The Kier molecular flexibility index (Phi) is 31.5. The molecule has 0 fully saturated rings. The zero-order chi connectivity index (χ0) is 78.7. The molecule has 1 heterocycles. The van der Waals surface area contributed by atoms with Crippen molar-refractivity contribution in [3.63, 3.8) is 0 Å². The average Bonchev–Trinajstić information content (AvgIpc) is 0.943. The summed E-state index contributed by atoms with van der Waals surface area (Å²) in [6, 6.07) is 24.8. The maximum Gasteiger partial charge on any atom is 0.305 e. The fourth-order valence-corrected chi connectivity index (χ4v) is 11.6. The summed E-state index contributed by atoms with van der Waals surface area (Å²) in [6.45, 7) is 8.63. The molecule has 0 spiro atoms. The summed E-state index contributed by atoms with van der Waals surface area (Å²) in [5, 5.41) is 65.6. The van der Waals surface area contributed by atoms with Gasteiger partial charge in [0.15, 0.2) is 0 Å². The Labute approximate surface area is 618 Å². The van der Waals surface area contributed by atoms with E-state index >= 15 is 0 Å². The molecule has 6 aromatic rings. The van der Waals surface area contributed by atoms with Crippen molar-refractivity contribution in [1.29, 1.82) is 0 Å². The van der Waals surface area contributed by atoms with Crippen molar-refractivity contribution in [3.05, 3.63) is 173 Å². The third kappa shape index (κ3) is 25.6. The van der Waals surface area contributed by atoms with Crippen LogP contribution < -0.4 is 64.6 Å². The molecule has 0 bridgehead atoms. The number of primary amides is 1. The van der Waals surface area contributed by atoms with E-state index in [1.165, 1.54) is 33.3 Å². The number of nitrogens with zero attached hydrogens (tertiary/aromatic N) is 1. The molecule has 0 radical (unpaired) electrons. The first-order chi connectivity index (χ1) is 50.7. The number of benzene rings is 5. The number of H-pyrrole nitrogens is 1. The van der Waals surface area contributed by atoms with Crippen LogP contribution in [0.25, 0.3) is 22.3 Å². The Bertz CT molecular complexity index is 4100. The second-order valence-electron chi connectivity index (χ2n) is 26.8. The van der Waals surface area contributed by atoms with Crippen molar-refractivity contribution in [2.45, 2.75) is 178 Å². The quantitative estimate of drug-likeness (QED) is 0.0248. The topological polar surface area (TPSA) is 504 Å². The van der Waals surface area contributed by atoms with Crippen LogP contribution >= 0.6 is 0 Å². The van der Waals surface area contributed by atoms with Gasteiger partial charge in [-0.25, -0.2) is 4.98 Å². The summed E-state index contributed by atoms with van der Waals surface area (Å²) >= 11 is 0. The molecule has 1 aromatic heterocycles. The van der Waals surface area contributed by atoms with Crippen molar-refractivity contribution in [3.8, 4) is 22.3 Å². The third-order valence-corrected chi connectivity index (χ3v) is 17.7. The number of carbonyl (C=O) groups is 13. The molecule has 107 heavy (non-hydrogen) atoms. The number of aromatic amines is 1. The number of hydrogen-bond acceptors (Lipinski definition) is 17. The number of nitrogens with one attached hydrogen (secondary N) is 11. The Balaban J connectivity index is 1.16. The average molecular weight is 1480 g/mol. The normalized spacial score (nSPS) is 14.3. The van der Waals surface area contributed by atoms with Crippen LogP contribution in [0.1, 0.15) is 107 Å². The van der Waals surface area contributed by atoms with E-state index in [1.807, 2.05) is 86.6 Å². The fourth-order valence-electron chi connectivity index (χ4n) is 11.6. The number of aryl methyl sites for hydroxylation is 2. The molecule has 0 aliphatic carbocycles. The number of hydrogen-bond donors (Lipinski definition) is 17. The van der Waals surface area contributed by atoms with Gasteiger partial charge in [0.25, 0.3) is 0 Å². The van der Waals surface area contributed by atoms with Gasteiger partial charge in [-0.1, -0.05) is 154 Å². The first kappa shape index (κ1) is 84.2. The predicted octanol–water partition coefficient (Wildman–Crippen LogP) is 0.490. The first-order valence-corrected chi connectivity index (χ1v) is 34.9. The monoisotopic (exact) mass is 1480 g/mol. The Hall–Kier alpha value is -11.7. The minimum atomic E-state index is -2.06. The molecule has 0 saturated carbocycles. The molecule has 31 nitrogen and oxygen atoms in total. The number of carboxylic acid groups (broad SMARTS) is 2. The van der Waals surface area contributed by atoms with E-state index in [9.17, 15) is 82.8 Å². The highest BCUT2D eigenvalue weighted by Crippen LogP contribution is 2.27. The molecule has 10 atom stereocenters. The predicted molar refractivity (Wildman–Crippen MR) is 393 cm³/mol. The summed E-state index contributed by atoms with van der Waals surface area (Å²) in [5.74, 6) is -14.8. The SMILES string of the molecule is CCCC[C@H](NC(=O)CNC(=O)[C@H](CC(=O)O)NC(=O)C(C)(C)NC(=O)[C@@H](N)Cc1cnc[nH]1)C(=O)N[C@@](C)(Cc1ccccc1)C(=O)N[C@H](C(=O)N[C@@H](CO)C(=O)N[C@@H](CC(=O)O)C(=O)N[C@@H](Cc1ccc(-c2ccccc2CC)cc1)C(=O)N[C@@H](Cc1ccc(-c2ccccc2C)cc1)C(N)=O)[C@@H](C)O. The van der Waals surface area contributed by atoms with Gasteiger partial charge in [-0.05, 0) is 97.5 Å². The summed E-state index contributed by atoms with van der Waals surface area (Å²) in [5.41, 5.74) is 16.0. The number of aliphatic hydroxyl groups is 2. The maximum absolute atomic E-state index is 14.7. The molecule has 572 valence electrons. The van der Waals surface area contributed by atoms with E-state index in [-0.39, 0.29) is 32.1 Å². The number of unbranched alkanes of at least 4 members (excludes halogenated alkanes) is 1. The lowest BCUT2D eigenvalue weighted by molar-refractivity contribution is -0.142. The molecule has 0 aliphatic heterocycles. The van der Waals surface area contributed by atoms with Gasteiger partial charge in [0.2, 0.25) is 65.0 Å². The van der Waals surface area contributed by atoms with E-state index in [0.717, 1.165) is 46.7 Å². The molecule has 0 aliphatic rings. The van der Waals surface area contributed by atoms with Crippen molar-refractivity contribution in [2.75, 3.05) is 13.2 Å². The second kappa shape index (κ2) is 40.0. The van der Waals surface area contributed by atoms with Crippen LogP contribution in [0.5, 0.6) is 0 Å². The number of aliphatic hydroxyl groups excluding tert-OH is 2. The highest BCUT2D eigenvalue weighted by atomic mass is 16.4. The lowest BCUT2D eigenvalue weighted by Gasteiger charge is -2.34. The van der Waals surface area contributed by atoms with E-state index in [0.29, 0.717) is 35.2 Å². The molecule has 0 unspecified atom stereocenters. The van der Waals surface area contributed by atoms with Gasteiger partial charge in [0.05, 0.1) is 44.5 Å². The zero-order valence-electron chi connectivity index (χ0n) is 60.7. The summed E-state index contributed by atoms with van der Waals surface area (Å²) in [4.78, 5) is 184. The first-order valence-electron chi connectivity index (χ1n) is 34.9. The van der Waals surface area contributed by atoms with Crippen LogP contribution in [-0.4, -0.2) is 186 Å². The minimum Gasteiger partial charge on any atom is -0.481 e. The van der Waals surface area contributed by atoms with Crippen molar-refractivity contribution in [1.82, 2.24) is 63.1 Å². The third-order valence-electron chi connectivity index (χ3n) is 17.7. The number of amides is 11.